The van der Waals surface area contributed by atoms with Gasteiger partial charge in [0.1, 0.15) is 6.04 Å². The highest BCUT2D eigenvalue weighted by atomic mass is 32.2. The van der Waals surface area contributed by atoms with E-state index < -0.39 is 22.0 Å². The van der Waals surface area contributed by atoms with Gasteiger partial charge in [-0.05, 0) is 35.8 Å². The van der Waals surface area contributed by atoms with Crippen molar-refractivity contribution in [2.75, 3.05) is 26.3 Å². The Balaban J connectivity index is 1.25. The van der Waals surface area contributed by atoms with Gasteiger partial charge in [-0.1, -0.05) is 42.5 Å². The number of benzene rings is 2. The monoisotopic (exact) mass is 485 g/mol. The number of nitrogens with zero attached hydrogens (tertiary/aromatic N) is 1. The van der Waals surface area contributed by atoms with E-state index in [9.17, 15) is 18.0 Å². The molecule has 2 aliphatic heterocycles. The highest BCUT2D eigenvalue weighted by Gasteiger charge is 2.30. The predicted molar refractivity (Wildman–Crippen MR) is 125 cm³/mol. The van der Waals surface area contributed by atoms with Crippen LogP contribution in [0.2, 0.25) is 0 Å². The van der Waals surface area contributed by atoms with Gasteiger partial charge >= 0.3 is 0 Å². The average Bonchev–Trinajstić information content (AvgIpc) is 3.38. The predicted octanol–water partition coefficient (Wildman–Crippen LogP) is 0.476. The fraction of sp³-hybridized carbons (Fsp3) is 0.304. The van der Waals surface area contributed by atoms with Gasteiger partial charge < -0.3 is 4.74 Å². The van der Waals surface area contributed by atoms with Crippen molar-refractivity contribution in [1.82, 2.24) is 26.0 Å². The van der Waals surface area contributed by atoms with Gasteiger partial charge in [-0.25, -0.2) is 19.3 Å². The van der Waals surface area contributed by atoms with Gasteiger partial charge in [0, 0.05) is 25.2 Å². The Morgan fingerprint density at radius 2 is 1.68 bits per heavy atom. The summed E-state index contributed by atoms with van der Waals surface area (Å²) in [4.78, 5) is 24.6. The summed E-state index contributed by atoms with van der Waals surface area (Å²) in [6.07, 6.45) is 3.34. The number of ether oxygens (including phenoxy) is 1. The van der Waals surface area contributed by atoms with E-state index in [2.05, 4.69) is 21.7 Å². The number of hydrogen-bond acceptors (Lipinski definition) is 7. The Labute approximate surface area is 198 Å². The maximum atomic E-state index is 12.7. The number of carbonyl (C=O) groups excluding carboxylic acids is 2. The molecule has 10 nitrogen and oxygen atoms in total. The van der Waals surface area contributed by atoms with Crippen molar-refractivity contribution in [3.05, 3.63) is 71.8 Å². The minimum Gasteiger partial charge on any atom is -0.379 e. The third-order valence-corrected chi connectivity index (χ3v) is 7.56. The summed E-state index contributed by atoms with van der Waals surface area (Å²) in [5, 5.41) is 0. The maximum absolute atomic E-state index is 12.7. The van der Waals surface area contributed by atoms with Crippen molar-refractivity contribution >= 4 is 27.9 Å². The first-order valence-electron chi connectivity index (χ1n) is 11.0. The summed E-state index contributed by atoms with van der Waals surface area (Å²) in [5.41, 5.74) is 12.5. The molecule has 2 fully saturated rings. The van der Waals surface area contributed by atoms with Crippen LogP contribution in [0.3, 0.4) is 0 Å². The van der Waals surface area contributed by atoms with E-state index in [1.807, 2.05) is 30.3 Å². The van der Waals surface area contributed by atoms with Crippen molar-refractivity contribution in [3.8, 4) is 0 Å². The van der Waals surface area contributed by atoms with E-state index in [0.29, 0.717) is 38.3 Å². The smallest absolute Gasteiger partial charge is 0.262 e. The van der Waals surface area contributed by atoms with Crippen LogP contribution >= 0.6 is 0 Å². The average molecular weight is 486 g/mol. The molecule has 0 radical (unpaired) electrons. The summed E-state index contributed by atoms with van der Waals surface area (Å²) in [6.45, 7) is 1.42. The summed E-state index contributed by atoms with van der Waals surface area (Å²) < 4.78 is 31.9. The number of hydrogen-bond donors (Lipinski definition) is 4. The second-order valence-electron chi connectivity index (χ2n) is 7.94. The lowest BCUT2D eigenvalue weighted by Gasteiger charge is -2.26. The van der Waals surface area contributed by atoms with Gasteiger partial charge in [0.15, 0.2) is 0 Å². The highest BCUT2D eigenvalue weighted by Crippen LogP contribution is 2.21. The zero-order valence-corrected chi connectivity index (χ0v) is 19.3. The number of morpholine rings is 1. The molecule has 180 valence electrons. The normalized spacial score (nSPS) is 21.4. The lowest BCUT2D eigenvalue weighted by Crippen LogP contribution is -2.49. The van der Waals surface area contributed by atoms with E-state index >= 15 is 0 Å². The molecule has 4 N–H and O–H groups in total. The van der Waals surface area contributed by atoms with Crippen LogP contribution in [0.4, 0.5) is 0 Å². The number of amides is 2. The first kappa shape index (κ1) is 24.0. The molecule has 0 aromatic heterocycles. The zero-order valence-electron chi connectivity index (χ0n) is 18.4. The van der Waals surface area contributed by atoms with Crippen molar-refractivity contribution in [2.24, 2.45) is 0 Å². The van der Waals surface area contributed by atoms with Gasteiger partial charge in [0.25, 0.3) is 11.8 Å². The number of rotatable bonds is 6. The molecule has 2 aliphatic rings. The molecule has 34 heavy (non-hydrogen) atoms. The number of sulfonamides is 1. The number of nitrogens with one attached hydrogen (secondary N) is 4. The maximum Gasteiger partial charge on any atom is 0.262 e. The summed E-state index contributed by atoms with van der Waals surface area (Å²) in [7, 11) is -3.57. The van der Waals surface area contributed by atoms with E-state index in [0.717, 1.165) is 5.56 Å². The van der Waals surface area contributed by atoms with Crippen LogP contribution in [0, 0.1) is 0 Å². The minimum absolute atomic E-state index is 0.00239. The molecule has 4 rings (SSSR count). The second kappa shape index (κ2) is 10.9. The molecule has 2 unspecified atom stereocenters. The zero-order chi connectivity index (χ0) is 24.0. The van der Waals surface area contributed by atoms with E-state index in [1.165, 1.54) is 28.6 Å². The Bertz CT molecular complexity index is 1130. The quantitative estimate of drug-likeness (QED) is 0.346. The van der Waals surface area contributed by atoms with E-state index in [-0.39, 0.29) is 16.8 Å². The molecular weight excluding hydrogens is 458 g/mol. The summed E-state index contributed by atoms with van der Waals surface area (Å²) in [5.74, 6) is -0.866. The molecule has 0 saturated carbocycles. The SMILES string of the molecule is O=C(/C=C/c1ccc(S(=O)(=O)N2CCOCC2)cc1)NNC(=O)C1CC(c2ccccc2)NN1. The van der Waals surface area contributed by atoms with Crippen LogP contribution in [-0.2, 0) is 24.3 Å². The van der Waals surface area contributed by atoms with Crippen LogP contribution in [-0.4, -0.2) is 56.9 Å². The van der Waals surface area contributed by atoms with Gasteiger partial charge in [-0.15, -0.1) is 0 Å². The molecule has 0 bridgehead atoms. The number of carbonyl (C=O) groups is 2. The Kier molecular flexibility index (Phi) is 7.70. The standard InChI is InChI=1S/C23H27N5O5S/c29-22(26-27-23(30)21-16-20(24-25-21)18-4-2-1-3-5-18)11-8-17-6-9-19(10-7-17)34(31,32)28-12-14-33-15-13-28/h1-11,20-21,24-25H,12-16H2,(H,26,29)(H,27,30)/b11-8+. The molecule has 2 amide bonds. The molecular formula is C23H27N5O5S. The van der Waals surface area contributed by atoms with Crippen LogP contribution < -0.4 is 21.7 Å². The van der Waals surface area contributed by atoms with E-state index in [1.54, 1.807) is 12.1 Å². The molecule has 2 saturated heterocycles. The van der Waals surface area contributed by atoms with Crippen LogP contribution in [0.15, 0.2) is 65.6 Å². The van der Waals surface area contributed by atoms with Crippen molar-refractivity contribution < 1.29 is 22.7 Å². The third kappa shape index (κ3) is 5.88. The lowest BCUT2D eigenvalue weighted by molar-refractivity contribution is -0.128. The molecule has 2 atom stereocenters. The van der Waals surface area contributed by atoms with Gasteiger partial charge in [-0.3, -0.25) is 20.4 Å². The largest absolute Gasteiger partial charge is 0.379 e. The molecule has 2 aromatic carbocycles. The summed E-state index contributed by atoms with van der Waals surface area (Å²) >= 11 is 0. The Morgan fingerprint density at radius 3 is 2.38 bits per heavy atom. The van der Waals surface area contributed by atoms with E-state index in [4.69, 9.17) is 4.74 Å². The molecule has 11 heteroatoms. The first-order valence-corrected chi connectivity index (χ1v) is 12.4. The highest BCUT2D eigenvalue weighted by molar-refractivity contribution is 7.89. The van der Waals surface area contributed by atoms with Crippen molar-refractivity contribution in [2.45, 2.75) is 23.4 Å². The Hall–Kier alpha value is -3.09. The third-order valence-electron chi connectivity index (χ3n) is 5.65. The fourth-order valence-corrected chi connectivity index (χ4v) is 5.15. The van der Waals surface area contributed by atoms with Crippen molar-refractivity contribution in [1.29, 1.82) is 0 Å². The number of hydrazine groups is 2. The van der Waals surface area contributed by atoms with Crippen molar-refractivity contribution in [3.63, 3.8) is 0 Å². The molecule has 2 heterocycles. The van der Waals surface area contributed by atoms with Crippen LogP contribution in [0.25, 0.3) is 6.08 Å². The van der Waals surface area contributed by atoms with Gasteiger partial charge in [-0.2, -0.15) is 4.31 Å². The van der Waals surface area contributed by atoms with Crippen LogP contribution in [0.5, 0.6) is 0 Å². The fourth-order valence-electron chi connectivity index (χ4n) is 3.74. The molecule has 0 spiro atoms. The minimum atomic E-state index is -3.57. The second-order valence-corrected chi connectivity index (χ2v) is 9.88. The lowest BCUT2D eigenvalue weighted by atomic mass is 10.0. The molecule has 0 aliphatic carbocycles. The first-order chi connectivity index (χ1) is 16.4. The Morgan fingerprint density at radius 1 is 0.971 bits per heavy atom. The molecule has 2 aromatic rings. The van der Waals surface area contributed by atoms with Crippen LogP contribution in [0.1, 0.15) is 23.6 Å². The topological polar surface area (TPSA) is 129 Å². The van der Waals surface area contributed by atoms with Gasteiger partial charge in [0.05, 0.1) is 18.1 Å². The van der Waals surface area contributed by atoms with Gasteiger partial charge in [0.2, 0.25) is 10.0 Å². The summed E-state index contributed by atoms with van der Waals surface area (Å²) in [6, 6.07) is 15.5.